The van der Waals surface area contributed by atoms with E-state index in [4.69, 9.17) is 28.4 Å². The van der Waals surface area contributed by atoms with Gasteiger partial charge in [0, 0.05) is 17.5 Å². The number of para-hydroxylation sites is 1. The molecule has 1 atom stereocenters. The number of hydrogen-bond donors (Lipinski definition) is 0. The van der Waals surface area contributed by atoms with E-state index in [1.807, 2.05) is 36.0 Å². The molecule has 4 aromatic rings. The lowest BCUT2D eigenvalue weighted by Gasteiger charge is -2.22. The van der Waals surface area contributed by atoms with Crippen LogP contribution in [0.15, 0.2) is 89.8 Å². The van der Waals surface area contributed by atoms with Crippen molar-refractivity contribution in [3.05, 3.63) is 102 Å². The van der Waals surface area contributed by atoms with Gasteiger partial charge in [-0.1, -0.05) is 48.2 Å². The summed E-state index contributed by atoms with van der Waals surface area (Å²) in [6.07, 6.45) is 5.99. The molecule has 0 amide bonds. The van der Waals surface area contributed by atoms with E-state index < -0.39 is 0 Å². The zero-order chi connectivity index (χ0) is 33.2. The molecule has 8 nitrogen and oxygen atoms in total. The van der Waals surface area contributed by atoms with Gasteiger partial charge in [-0.05, 0) is 85.0 Å². The number of benzene rings is 4. The summed E-state index contributed by atoms with van der Waals surface area (Å²) in [5, 5.41) is 0.237. The molecule has 0 bridgehead atoms. The molecule has 5 rings (SSSR count). The highest BCUT2D eigenvalue weighted by atomic mass is 32.2. The fourth-order valence-electron chi connectivity index (χ4n) is 5.38. The Morgan fingerprint density at radius 3 is 2.17 bits per heavy atom. The lowest BCUT2D eigenvalue weighted by Crippen LogP contribution is -2.17. The minimum Gasteiger partial charge on any atom is -0.494 e. The third-order valence-corrected chi connectivity index (χ3v) is 9.27. The number of unbranched alkanes of at least 4 members (excludes halogenated alkanes) is 2. The molecular weight excluding hydrogens is 614 g/mol. The van der Waals surface area contributed by atoms with Crippen LogP contribution in [0.25, 0.3) is 6.08 Å². The molecule has 0 radical (unpaired) electrons. The smallest absolute Gasteiger partial charge is 0.203 e. The average molecular weight is 656 g/mol. The van der Waals surface area contributed by atoms with Crippen LogP contribution in [0.4, 0.5) is 5.69 Å². The maximum atomic E-state index is 13.0. The molecule has 246 valence electrons. The molecule has 0 saturated heterocycles. The second-order valence-corrected chi connectivity index (χ2v) is 12.0. The van der Waals surface area contributed by atoms with Crippen LogP contribution in [0.5, 0.6) is 34.5 Å². The Labute approximate surface area is 281 Å². The first kappa shape index (κ1) is 33.6. The van der Waals surface area contributed by atoms with Gasteiger partial charge in [0.25, 0.3) is 0 Å². The summed E-state index contributed by atoms with van der Waals surface area (Å²) >= 11 is 1.87. The van der Waals surface area contributed by atoms with E-state index in [0.717, 1.165) is 30.6 Å². The second kappa shape index (κ2) is 16.2. The van der Waals surface area contributed by atoms with Crippen LogP contribution in [0.3, 0.4) is 0 Å². The number of nitrogens with zero attached hydrogens (tertiary/aromatic N) is 1. The van der Waals surface area contributed by atoms with E-state index in [0.29, 0.717) is 47.5 Å². The third kappa shape index (κ3) is 8.16. The Balaban J connectivity index is 1.09. The quantitative estimate of drug-likeness (QED) is 0.0671. The number of ether oxygens (including phenoxy) is 6. The molecule has 0 N–H and O–H groups in total. The van der Waals surface area contributed by atoms with Crippen molar-refractivity contribution in [2.75, 3.05) is 53.6 Å². The number of allylic oxidation sites excluding steroid dienone is 1. The Bertz CT molecular complexity index is 1680. The van der Waals surface area contributed by atoms with Gasteiger partial charge < -0.3 is 33.3 Å². The van der Waals surface area contributed by atoms with E-state index >= 15 is 0 Å². The Morgan fingerprint density at radius 2 is 1.47 bits per heavy atom. The van der Waals surface area contributed by atoms with Gasteiger partial charge in [-0.25, -0.2) is 0 Å². The molecule has 0 spiro atoms. The van der Waals surface area contributed by atoms with Crippen molar-refractivity contribution in [1.29, 1.82) is 0 Å². The summed E-state index contributed by atoms with van der Waals surface area (Å²) in [5.41, 5.74) is 3.72. The number of hydrogen-bond acceptors (Lipinski definition) is 9. The Hall–Kier alpha value is -4.76. The van der Waals surface area contributed by atoms with Crippen molar-refractivity contribution in [1.82, 2.24) is 0 Å². The SMILES string of the molecule is COc1ccc(/C=C/C(=O)c2cc(OC)c(OC)c(OC)c2)cc1OCCCCCOc1cccc(C2Sc3ccccc3N2C)c1. The zero-order valence-electron chi connectivity index (χ0n) is 27.5. The van der Waals surface area contributed by atoms with Gasteiger partial charge in [0.15, 0.2) is 28.8 Å². The third-order valence-electron chi connectivity index (χ3n) is 7.86. The summed E-state index contributed by atoms with van der Waals surface area (Å²) in [5.74, 6) is 3.22. The van der Waals surface area contributed by atoms with Crippen LogP contribution in [-0.2, 0) is 0 Å². The number of ketones is 1. The topological polar surface area (TPSA) is 75.7 Å². The van der Waals surface area contributed by atoms with E-state index in [1.54, 1.807) is 25.3 Å². The van der Waals surface area contributed by atoms with Crippen molar-refractivity contribution in [2.24, 2.45) is 0 Å². The van der Waals surface area contributed by atoms with Crippen molar-refractivity contribution in [3.8, 4) is 34.5 Å². The zero-order valence-corrected chi connectivity index (χ0v) is 28.3. The van der Waals surface area contributed by atoms with Crippen LogP contribution in [0, 0.1) is 0 Å². The number of rotatable bonds is 16. The van der Waals surface area contributed by atoms with E-state index in [2.05, 4.69) is 54.4 Å². The van der Waals surface area contributed by atoms with Crippen molar-refractivity contribution in [3.63, 3.8) is 0 Å². The fourth-order valence-corrected chi connectivity index (χ4v) is 6.66. The summed E-state index contributed by atoms with van der Waals surface area (Å²) in [4.78, 5) is 16.6. The van der Waals surface area contributed by atoms with E-state index in [9.17, 15) is 4.79 Å². The second-order valence-electron chi connectivity index (χ2n) is 10.9. The molecule has 0 saturated carbocycles. The molecule has 9 heteroatoms. The number of thioether (sulfide) groups is 1. The standard InChI is InChI=1S/C38H41NO7S/c1-39-30-14-7-8-15-36(30)47-38(39)27-12-11-13-29(23-27)45-20-9-6-10-21-46-33-22-26(17-19-32(33)41-2)16-18-31(40)28-24-34(42-3)37(44-5)35(25-28)43-4/h7-8,11-19,22-25,38H,6,9-10,20-21H2,1-5H3/b18-16+. The Kier molecular flexibility index (Phi) is 11.6. The van der Waals surface area contributed by atoms with Crippen LogP contribution in [-0.4, -0.2) is 54.5 Å². The van der Waals surface area contributed by atoms with Crippen LogP contribution in [0.1, 0.15) is 46.1 Å². The number of anilines is 1. The molecule has 1 aliphatic heterocycles. The molecule has 47 heavy (non-hydrogen) atoms. The molecular formula is C38H41NO7S. The monoisotopic (exact) mass is 655 g/mol. The molecule has 0 aliphatic carbocycles. The first-order valence-electron chi connectivity index (χ1n) is 15.5. The molecule has 1 heterocycles. The van der Waals surface area contributed by atoms with Crippen molar-refractivity contribution in [2.45, 2.75) is 29.5 Å². The summed E-state index contributed by atoms with van der Waals surface area (Å²) in [7, 11) is 8.31. The van der Waals surface area contributed by atoms with Gasteiger partial charge in [-0.3, -0.25) is 4.79 Å². The number of carbonyl (C=O) groups excluding carboxylic acids is 1. The minimum atomic E-state index is -0.202. The number of fused-ring (bicyclic) bond motifs is 1. The largest absolute Gasteiger partial charge is 0.494 e. The van der Waals surface area contributed by atoms with E-state index in [1.165, 1.54) is 43.6 Å². The van der Waals surface area contributed by atoms with Crippen molar-refractivity contribution < 1.29 is 33.2 Å². The minimum absolute atomic E-state index is 0.202. The number of carbonyl (C=O) groups is 1. The summed E-state index contributed by atoms with van der Waals surface area (Å²) < 4.78 is 33.8. The fraction of sp³-hybridized carbons (Fsp3) is 0.289. The highest BCUT2D eigenvalue weighted by Crippen LogP contribution is 2.50. The van der Waals surface area contributed by atoms with Crippen LogP contribution >= 0.6 is 11.8 Å². The highest BCUT2D eigenvalue weighted by molar-refractivity contribution is 8.00. The first-order chi connectivity index (χ1) is 22.9. The lowest BCUT2D eigenvalue weighted by molar-refractivity contribution is 0.104. The summed E-state index contributed by atoms with van der Waals surface area (Å²) in [6.45, 7) is 1.18. The van der Waals surface area contributed by atoms with Crippen molar-refractivity contribution >= 4 is 29.3 Å². The van der Waals surface area contributed by atoms with Gasteiger partial charge in [0.1, 0.15) is 11.1 Å². The van der Waals surface area contributed by atoms with Gasteiger partial charge in [0.2, 0.25) is 5.75 Å². The predicted octanol–water partition coefficient (Wildman–Crippen LogP) is 8.49. The maximum absolute atomic E-state index is 13.0. The highest BCUT2D eigenvalue weighted by Gasteiger charge is 2.28. The molecule has 4 aromatic carbocycles. The van der Waals surface area contributed by atoms with Gasteiger partial charge in [-0.15, -0.1) is 0 Å². The molecule has 1 aliphatic rings. The molecule has 0 aromatic heterocycles. The van der Waals surface area contributed by atoms with E-state index in [-0.39, 0.29) is 11.2 Å². The van der Waals surface area contributed by atoms with Gasteiger partial charge in [-0.2, -0.15) is 0 Å². The van der Waals surface area contributed by atoms with Gasteiger partial charge in [0.05, 0.1) is 47.3 Å². The maximum Gasteiger partial charge on any atom is 0.203 e. The molecule has 0 fully saturated rings. The Morgan fingerprint density at radius 1 is 0.745 bits per heavy atom. The first-order valence-corrected chi connectivity index (χ1v) is 16.4. The van der Waals surface area contributed by atoms with Crippen LogP contribution < -0.4 is 33.3 Å². The summed E-state index contributed by atoms with van der Waals surface area (Å²) in [6, 6.07) is 25.7. The van der Waals surface area contributed by atoms with Gasteiger partial charge >= 0.3 is 0 Å². The average Bonchev–Trinajstić information content (AvgIpc) is 3.45. The predicted molar refractivity (Wildman–Crippen MR) is 187 cm³/mol. The van der Waals surface area contributed by atoms with Crippen LogP contribution in [0.2, 0.25) is 0 Å². The lowest BCUT2D eigenvalue weighted by atomic mass is 10.1. The number of methoxy groups -OCH3 is 4. The normalized spacial score (nSPS) is 13.7. The molecule has 1 unspecified atom stereocenters.